The fourth-order valence-corrected chi connectivity index (χ4v) is 2.39. The minimum absolute atomic E-state index is 0.249. The predicted molar refractivity (Wildman–Crippen MR) is 89.1 cm³/mol. The van der Waals surface area contributed by atoms with Crippen LogP contribution in [-0.4, -0.2) is 26.1 Å². The topological polar surface area (TPSA) is 115 Å². The van der Waals surface area contributed by atoms with Crippen molar-refractivity contribution in [1.82, 2.24) is 19.6 Å². The number of hydrogen-bond acceptors (Lipinski definition) is 7. The van der Waals surface area contributed by atoms with Crippen LogP contribution in [0, 0.1) is 22.7 Å². The SMILES string of the molecule is CCNc1nc(Nc2cc(Cl)cc(C#N)c2)nn2c(C#N)cnc12. The number of benzene rings is 1. The largest absolute Gasteiger partial charge is 0.367 e. The Hall–Kier alpha value is -3.36. The van der Waals surface area contributed by atoms with Crippen molar-refractivity contribution >= 4 is 34.7 Å². The van der Waals surface area contributed by atoms with E-state index < -0.39 is 0 Å². The maximum Gasteiger partial charge on any atom is 0.247 e. The number of aromatic nitrogens is 4. The third-order valence-electron chi connectivity index (χ3n) is 3.10. The van der Waals surface area contributed by atoms with Gasteiger partial charge >= 0.3 is 0 Å². The molecule has 1 aromatic carbocycles. The molecule has 2 heterocycles. The first-order valence-electron chi connectivity index (χ1n) is 7.02. The lowest BCUT2D eigenvalue weighted by molar-refractivity contribution is 0.893. The third kappa shape index (κ3) is 2.91. The Morgan fingerprint density at radius 2 is 2.08 bits per heavy atom. The van der Waals surface area contributed by atoms with Gasteiger partial charge in [0.1, 0.15) is 6.07 Å². The highest BCUT2D eigenvalue weighted by atomic mass is 35.5. The van der Waals surface area contributed by atoms with Crippen LogP contribution in [0.4, 0.5) is 17.5 Å². The van der Waals surface area contributed by atoms with E-state index in [1.54, 1.807) is 18.2 Å². The highest BCUT2D eigenvalue weighted by molar-refractivity contribution is 6.31. The second kappa shape index (κ2) is 6.41. The molecule has 0 unspecified atom stereocenters. The van der Waals surface area contributed by atoms with Crippen molar-refractivity contribution < 1.29 is 0 Å². The van der Waals surface area contributed by atoms with E-state index in [0.717, 1.165) is 0 Å². The number of halogens is 1. The van der Waals surface area contributed by atoms with E-state index in [9.17, 15) is 0 Å². The molecule has 0 spiro atoms. The van der Waals surface area contributed by atoms with Crippen LogP contribution in [0.5, 0.6) is 0 Å². The number of nitrogens with zero attached hydrogens (tertiary/aromatic N) is 6. The van der Waals surface area contributed by atoms with Crippen LogP contribution in [0.15, 0.2) is 24.4 Å². The minimum Gasteiger partial charge on any atom is -0.367 e. The molecular weight excluding hydrogens is 328 g/mol. The molecule has 9 heteroatoms. The molecule has 0 amide bonds. The van der Waals surface area contributed by atoms with E-state index in [1.807, 2.05) is 19.1 Å². The van der Waals surface area contributed by atoms with Gasteiger partial charge in [0.25, 0.3) is 0 Å². The summed E-state index contributed by atoms with van der Waals surface area (Å²) in [4.78, 5) is 8.53. The molecule has 8 nitrogen and oxygen atoms in total. The van der Waals surface area contributed by atoms with Crippen LogP contribution < -0.4 is 10.6 Å². The number of nitrogens with one attached hydrogen (secondary N) is 2. The Morgan fingerprint density at radius 1 is 1.25 bits per heavy atom. The van der Waals surface area contributed by atoms with E-state index in [2.05, 4.69) is 25.7 Å². The van der Waals surface area contributed by atoms with E-state index in [1.165, 1.54) is 10.7 Å². The molecule has 2 N–H and O–H groups in total. The molecule has 0 saturated carbocycles. The summed E-state index contributed by atoms with van der Waals surface area (Å²) in [5, 5.41) is 29.0. The second-order valence-corrected chi connectivity index (χ2v) is 5.21. The molecular formula is C15H11ClN8. The van der Waals surface area contributed by atoms with Crippen molar-refractivity contribution in [2.75, 3.05) is 17.2 Å². The van der Waals surface area contributed by atoms with Crippen LogP contribution in [0.3, 0.4) is 0 Å². The van der Waals surface area contributed by atoms with E-state index in [4.69, 9.17) is 22.1 Å². The average Bonchev–Trinajstić information content (AvgIpc) is 2.97. The molecule has 0 saturated heterocycles. The maximum atomic E-state index is 9.17. The highest BCUT2D eigenvalue weighted by Gasteiger charge is 2.13. The van der Waals surface area contributed by atoms with Gasteiger partial charge in [-0.15, -0.1) is 5.10 Å². The van der Waals surface area contributed by atoms with Gasteiger partial charge in [-0.25, -0.2) is 4.98 Å². The van der Waals surface area contributed by atoms with Crippen LogP contribution in [0.1, 0.15) is 18.2 Å². The Kier molecular flexibility index (Phi) is 4.15. The maximum absolute atomic E-state index is 9.17. The quantitative estimate of drug-likeness (QED) is 0.751. The van der Waals surface area contributed by atoms with E-state index in [0.29, 0.717) is 40.0 Å². The predicted octanol–water partition coefficient (Wildman–Crippen LogP) is 2.70. The lowest BCUT2D eigenvalue weighted by Crippen LogP contribution is -2.09. The molecule has 0 aliphatic carbocycles. The van der Waals surface area contributed by atoms with Crippen LogP contribution >= 0.6 is 11.6 Å². The van der Waals surface area contributed by atoms with Crippen LogP contribution in [-0.2, 0) is 0 Å². The second-order valence-electron chi connectivity index (χ2n) is 4.77. The molecule has 3 aromatic rings. The Morgan fingerprint density at radius 3 is 2.79 bits per heavy atom. The summed E-state index contributed by atoms with van der Waals surface area (Å²) in [7, 11) is 0. The van der Waals surface area contributed by atoms with Crippen LogP contribution in [0.2, 0.25) is 5.02 Å². The zero-order valence-corrected chi connectivity index (χ0v) is 13.3. The zero-order valence-electron chi connectivity index (χ0n) is 12.6. The molecule has 118 valence electrons. The third-order valence-corrected chi connectivity index (χ3v) is 3.32. The number of anilines is 3. The summed E-state index contributed by atoms with van der Waals surface area (Å²) < 4.78 is 1.41. The van der Waals surface area contributed by atoms with Crippen molar-refractivity contribution in [3.8, 4) is 12.1 Å². The van der Waals surface area contributed by atoms with E-state index >= 15 is 0 Å². The zero-order chi connectivity index (χ0) is 17.1. The monoisotopic (exact) mass is 338 g/mol. The Balaban J connectivity index is 2.08. The molecule has 0 bridgehead atoms. The van der Waals surface area contributed by atoms with Gasteiger partial charge < -0.3 is 10.6 Å². The standard InChI is InChI=1S/C15H11ClN8/c1-2-19-13-14-20-8-12(7-18)24(14)23-15(22-13)21-11-4-9(6-17)3-10(16)5-11/h3-5,8H,2H2,1H3,(H2,19,21,22,23). The van der Waals surface area contributed by atoms with Gasteiger partial charge in [0, 0.05) is 17.3 Å². The Labute approximate surface area is 142 Å². The van der Waals surface area contributed by atoms with Crippen molar-refractivity contribution in [3.05, 3.63) is 40.7 Å². The van der Waals surface area contributed by atoms with Crippen molar-refractivity contribution in [1.29, 1.82) is 10.5 Å². The first-order valence-corrected chi connectivity index (χ1v) is 7.40. The highest BCUT2D eigenvalue weighted by Crippen LogP contribution is 2.22. The molecule has 0 radical (unpaired) electrons. The summed E-state index contributed by atoms with van der Waals surface area (Å²) in [6.07, 6.45) is 1.43. The fraction of sp³-hybridized carbons (Fsp3) is 0.133. The fourth-order valence-electron chi connectivity index (χ4n) is 2.15. The normalized spacial score (nSPS) is 10.2. The summed E-state index contributed by atoms with van der Waals surface area (Å²) in [6.45, 7) is 2.56. The van der Waals surface area contributed by atoms with Gasteiger partial charge in [-0.05, 0) is 25.1 Å². The average molecular weight is 339 g/mol. The number of nitriles is 2. The molecule has 0 aliphatic heterocycles. The minimum atomic E-state index is 0.249. The molecule has 3 rings (SSSR count). The van der Waals surface area contributed by atoms with Crippen LogP contribution in [0.25, 0.3) is 5.65 Å². The van der Waals surface area contributed by atoms with Crippen molar-refractivity contribution in [3.63, 3.8) is 0 Å². The van der Waals surface area contributed by atoms with Gasteiger partial charge in [0.15, 0.2) is 17.2 Å². The molecule has 0 atom stereocenters. The number of rotatable bonds is 4. The van der Waals surface area contributed by atoms with Gasteiger partial charge in [-0.3, -0.25) is 0 Å². The summed E-state index contributed by atoms with van der Waals surface area (Å²) in [5.41, 5.74) is 1.74. The smallest absolute Gasteiger partial charge is 0.247 e. The van der Waals surface area contributed by atoms with Crippen molar-refractivity contribution in [2.24, 2.45) is 0 Å². The molecule has 24 heavy (non-hydrogen) atoms. The van der Waals surface area contributed by atoms with Gasteiger partial charge in [-0.2, -0.15) is 20.0 Å². The number of hydrogen-bond donors (Lipinski definition) is 2. The molecule has 0 aliphatic rings. The molecule has 2 aromatic heterocycles. The summed E-state index contributed by atoms with van der Waals surface area (Å²) in [5.74, 6) is 0.748. The number of fused-ring (bicyclic) bond motifs is 1. The lowest BCUT2D eigenvalue weighted by Gasteiger charge is -2.09. The Bertz CT molecular complexity index is 995. The van der Waals surface area contributed by atoms with E-state index in [-0.39, 0.29) is 5.95 Å². The summed E-state index contributed by atoms with van der Waals surface area (Å²) in [6, 6.07) is 8.91. The van der Waals surface area contributed by atoms with Crippen molar-refractivity contribution in [2.45, 2.75) is 6.92 Å². The summed E-state index contributed by atoms with van der Waals surface area (Å²) >= 11 is 6.00. The lowest BCUT2D eigenvalue weighted by atomic mass is 10.2. The molecule has 0 fully saturated rings. The first kappa shape index (κ1) is 15.5. The first-order chi connectivity index (χ1) is 11.6. The van der Waals surface area contributed by atoms with Gasteiger partial charge in [0.05, 0.1) is 17.8 Å². The number of imidazole rings is 1. The van der Waals surface area contributed by atoms with Gasteiger partial charge in [-0.1, -0.05) is 11.6 Å². The van der Waals surface area contributed by atoms with Gasteiger partial charge in [0.2, 0.25) is 5.95 Å².